The van der Waals surface area contributed by atoms with Crippen molar-refractivity contribution >= 4 is 11.7 Å². The highest BCUT2D eigenvalue weighted by molar-refractivity contribution is 5.69. The van der Waals surface area contributed by atoms with Crippen LogP contribution in [0.4, 0.5) is 5.69 Å². The number of benzene rings is 1. The molecule has 0 saturated heterocycles. The second-order valence-corrected chi connectivity index (χ2v) is 5.53. The molecule has 0 radical (unpaired) electrons. The summed E-state index contributed by atoms with van der Waals surface area (Å²) in [5, 5.41) is 3.51. The van der Waals surface area contributed by atoms with Crippen molar-refractivity contribution in [3.63, 3.8) is 0 Å². The summed E-state index contributed by atoms with van der Waals surface area (Å²) in [6.45, 7) is 3.38. The summed E-state index contributed by atoms with van der Waals surface area (Å²) in [6.07, 6.45) is 6.72. The quantitative estimate of drug-likeness (QED) is 0.769. The number of esters is 1. The van der Waals surface area contributed by atoms with Gasteiger partial charge in [0.2, 0.25) is 0 Å². The second-order valence-electron chi connectivity index (χ2n) is 5.53. The van der Waals surface area contributed by atoms with E-state index in [1.807, 2.05) is 6.92 Å². The van der Waals surface area contributed by atoms with Gasteiger partial charge in [-0.1, -0.05) is 25.0 Å². The number of ether oxygens (including phenoxy) is 1. The molecule has 2 rings (SSSR count). The van der Waals surface area contributed by atoms with E-state index in [0.29, 0.717) is 13.0 Å². The van der Waals surface area contributed by atoms with Gasteiger partial charge in [-0.05, 0) is 49.8 Å². The molecule has 110 valence electrons. The lowest BCUT2D eigenvalue weighted by molar-refractivity contribution is -0.143. The van der Waals surface area contributed by atoms with Crippen LogP contribution in [0.15, 0.2) is 24.3 Å². The van der Waals surface area contributed by atoms with E-state index in [-0.39, 0.29) is 5.97 Å². The molecule has 0 bridgehead atoms. The van der Waals surface area contributed by atoms with Gasteiger partial charge in [-0.3, -0.25) is 4.79 Å². The third-order valence-corrected chi connectivity index (χ3v) is 3.95. The molecular formula is C17H25NO2. The highest BCUT2D eigenvalue weighted by Crippen LogP contribution is 2.25. The van der Waals surface area contributed by atoms with Crippen molar-refractivity contribution in [2.75, 3.05) is 18.5 Å². The SMILES string of the molecule is CCOC(=O)CCc1ccc(NCC2CCCC2)cc1. The Balaban J connectivity index is 1.72. The van der Waals surface area contributed by atoms with E-state index in [9.17, 15) is 4.79 Å². The van der Waals surface area contributed by atoms with E-state index in [1.165, 1.54) is 36.9 Å². The van der Waals surface area contributed by atoms with E-state index >= 15 is 0 Å². The van der Waals surface area contributed by atoms with Gasteiger partial charge in [0, 0.05) is 18.7 Å². The van der Waals surface area contributed by atoms with Crippen molar-refractivity contribution in [2.45, 2.75) is 45.4 Å². The third-order valence-electron chi connectivity index (χ3n) is 3.95. The lowest BCUT2D eigenvalue weighted by Crippen LogP contribution is -2.10. The lowest BCUT2D eigenvalue weighted by atomic mass is 10.1. The van der Waals surface area contributed by atoms with Crippen molar-refractivity contribution in [1.82, 2.24) is 0 Å². The molecule has 1 aliphatic carbocycles. The molecule has 0 spiro atoms. The predicted molar refractivity (Wildman–Crippen MR) is 81.8 cm³/mol. The van der Waals surface area contributed by atoms with E-state index in [1.54, 1.807) is 0 Å². The Hall–Kier alpha value is -1.51. The predicted octanol–water partition coefficient (Wildman–Crippen LogP) is 3.78. The Labute approximate surface area is 121 Å². The number of hydrogen-bond acceptors (Lipinski definition) is 3. The summed E-state index contributed by atoms with van der Waals surface area (Å²) in [7, 11) is 0. The first-order valence-electron chi connectivity index (χ1n) is 7.76. The van der Waals surface area contributed by atoms with Crippen LogP contribution in [-0.4, -0.2) is 19.1 Å². The first-order chi connectivity index (χ1) is 9.78. The van der Waals surface area contributed by atoms with Gasteiger partial charge in [-0.25, -0.2) is 0 Å². The smallest absolute Gasteiger partial charge is 0.306 e. The van der Waals surface area contributed by atoms with Gasteiger partial charge in [0.1, 0.15) is 0 Å². The Morgan fingerprint density at radius 2 is 1.95 bits per heavy atom. The van der Waals surface area contributed by atoms with Gasteiger partial charge in [0.15, 0.2) is 0 Å². The molecule has 1 saturated carbocycles. The summed E-state index contributed by atoms with van der Waals surface area (Å²) in [6, 6.07) is 8.40. The summed E-state index contributed by atoms with van der Waals surface area (Å²) in [4.78, 5) is 11.3. The molecule has 1 aromatic carbocycles. The second kappa shape index (κ2) is 7.93. The van der Waals surface area contributed by atoms with Crippen LogP contribution < -0.4 is 5.32 Å². The summed E-state index contributed by atoms with van der Waals surface area (Å²) in [5.41, 5.74) is 2.36. The number of aryl methyl sites for hydroxylation is 1. The lowest BCUT2D eigenvalue weighted by Gasteiger charge is -2.12. The van der Waals surface area contributed by atoms with Gasteiger partial charge in [0.05, 0.1) is 6.61 Å². The van der Waals surface area contributed by atoms with Gasteiger partial charge < -0.3 is 10.1 Å². The highest BCUT2D eigenvalue weighted by Gasteiger charge is 2.14. The molecule has 0 atom stereocenters. The Bertz CT molecular complexity index is 408. The minimum atomic E-state index is -0.115. The van der Waals surface area contributed by atoms with Crippen LogP contribution in [0.5, 0.6) is 0 Å². The van der Waals surface area contributed by atoms with Gasteiger partial charge in [-0.2, -0.15) is 0 Å². The van der Waals surface area contributed by atoms with E-state index in [2.05, 4.69) is 29.6 Å². The van der Waals surface area contributed by atoms with Crippen LogP contribution in [0.3, 0.4) is 0 Å². The molecule has 1 fully saturated rings. The third kappa shape index (κ3) is 4.87. The molecule has 3 nitrogen and oxygen atoms in total. The standard InChI is InChI=1S/C17H25NO2/c1-2-20-17(19)12-9-14-7-10-16(11-8-14)18-13-15-5-3-4-6-15/h7-8,10-11,15,18H,2-6,9,12-13H2,1H3. The van der Waals surface area contributed by atoms with Gasteiger partial charge >= 0.3 is 5.97 Å². The van der Waals surface area contributed by atoms with Crippen molar-refractivity contribution in [3.8, 4) is 0 Å². The molecule has 3 heteroatoms. The first kappa shape index (κ1) is 14.9. The van der Waals surface area contributed by atoms with E-state index < -0.39 is 0 Å². The maximum absolute atomic E-state index is 11.3. The Kier molecular flexibility index (Phi) is 5.90. The normalized spacial score (nSPS) is 15.2. The Morgan fingerprint density at radius 1 is 1.25 bits per heavy atom. The fourth-order valence-corrected chi connectivity index (χ4v) is 2.75. The molecule has 1 aliphatic rings. The van der Waals surface area contributed by atoms with Gasteiger partial charge in [0.25, 0.3) is 0 Å². The minimum absolute atomic E-state index is 0.115. The van der Waals surface area contributed by atoms with Crippen LogP contribution in [0.25, 0.3) is 0 Å². The van der Waals surface area contributed by atoms with Crippen molar-refractivity contribution in [2.24, 2.45) is 5.92 Å². The average molecular weight is 275 g/mol. The van der Waals surface area contributed by atoms with Crippen molar-refractivity contribution < 1.29 is 9.53 Å². The number of anilines is 1. The van der Waals surface area contributed by atoms with Crippen LogP contribution in [0.2, 0.25) is 0 Å². The zero-order chi connectivity index (χ0) is 14.2. The summed E-state index contributed by atoms with van der Waals surface area (Å²) in [5.74, 6) is 0.731. The fourth-order valence-electron chi connectivity index (χ4n) is 2.75. The molecular weight excluding hydrogens is 250 g/mol. The highest BCUT2D eigenvalue weighted by atomic mass is 16.5. The number of nitrogens with one attached hydrogen (secondary N) is 1. The van der Waals surface area contributed by atoms with Crippen LogP contribution in [0, 0.1) is 5.92 Å². The summed E-state index contributed by atoms with van der Waals surface area (Å²) >= 11 is 0. The molecule has 1 aromatic rings. The fraction of sp³-hybridized carbons (Fsp3) is 0.588. The first-order valence-corrected chi connectivity index (χ1v) is 7.76. The number of carbonyl (C=O) groups excluding carboxylic acids is 1. The monoisotopic (exact) mass is 275 g/mol. The molecule has 0 heterocycles. The maximum atomic E-state index is 11.3. The van der Waals surface area contributed by atoms with E-state index in [0.717, 1.165) is 18.9 Å². The maximum Gasteiger partial charge on any atom is 0.306 e. The molecule has 0 unspecified atom stereocenters. The molecule has 0 aliphatic heterocycles. The van der Waals surface area contributed by atoms with E-state index in [4.69, 9.17) is 4.74 Å². The largest absolute Gasteiger partial charge is 0.466 e. The topological polar surface area (TPSA) is 38.3 Å². The summed E-state index contributed by atoms with van der Waals surface area (Å²) < 4.78 is 4.93. The molecule has 1 N–H and O–H groups in total. The molecule has 0 aromatic heterocycles. The molecule has 0 amide bonds. The van der Waals surface area contributed by atoms with Crippen molar-refractivity contribution in [3.05, 3.63) is 29.8 Å². The van der Waals surface area contributed by atoms with Crippen LogP contribution in [0.1, 0.15) is 44.6 Å². The number of carbonyl (C=O) groups is 1. The van der Waals surface area contributed by atoms with Crippen molar-refractivity contribution in [1.29, 1.82) is 0 Å². The number of hydrogen-bond donors (Lipinski definition) is 1. The van der Waals surface area contributed by atoms with Crippen LogP contribution in [-0.2, 0) is 16.0 Å². The zero-order valence-electron chi connectivity index (χ0n) is 12.4. The number of rotatable bonds is 7. The van der Waals surface area contributed by atoms with Gasteiger partial charge in [-0.15, -0.1) is 0 Å². The average Bonchev–Trinajstić information content (AvgIpc) is 2.98. The van der Waals surface area contributed by atoms with Crippen LogP contribution >= 0.6 is 0 Å². The minimum Gasteiger partial charge on any atom is -0.466 e. The zero-order valence-corrected chi connectivity index (χ0v) is 12.4. The Morgan fingerprint density at radius 3 is 2.60 bits per heavy atom. The molecule has 20 heavy (non-hydrogen) atoms.